The van der Waals surface area contributed by atoms with E-state index in [1.165, 1.54) is 4.31 Å². The Kier molecular flexibility index (Phi) is 5.88. The number of urea groups is 1. The van der Waals surface area contributed by atoms with Crippen LogP contribution in [0.5, 0.6) is 0 Å². The van der Waals surface area contributed by atoms with E-state index in [0.717, 1.165) is 13.0 Å². The van der Waals surface area contributed by atoms with Crippen LogP contribution in [-0.2, 0) is 14.9 Å². The number of piperazine rings is 1. The van der Waals surface area contributed by atoms with Gasteiger partial charge < -0.3 is 15.0 Å². The maximum atomic E-state index is 12.2. The van der Waals surface area contributed by atoms with E-state index in [-0.39, 0.29) is 17.5 Å². The Balaban J connectivity index is 1.78. The van der Waals surface area contributed by atoms with Crippen molar-refractivity contribution in [1.82, 2.24) is 19.2 Å². The topological polar surface area (TPSA) is 91.0 Å². The molecule has 2 heterocycles. The zero-order chi connectivity index (χ0) is 17.1. The predicted molar refractivity (Wildman–Crippen MR) is 87.3 cm³/mol. The van der Waals surface area contributed by atoms with Gasteiger partial charge >= 0.3 is 6.03 Å². The van der Waals surface area contributed by atoms with Crippen molar-refractivity contribution in [3.63, 3.8) is 0 Å². The summed E-state index contributed by atoms with van der Waals surface area (Å²) in [6.45, 7) is 9.10. The molecule has 2 rings (SSSR count). The van der Waals surface area contributed by atoms with Crippen molar-refractivity contribution >= 4 is 16.2 Å². The van der Waals surface area contributed by atoms with Crippen LogP contribution in [-0.4, -0.2) is 75.6 Å². The number of ether oxygens (including phenoxy) is 1. The highest BCUT2D eigenvalue weighted by atomic mass is 32.2. The molecule has 0 spiro atoms. The SMILES string of the molecule is CC(C)NS(=O)(=O)N1CCN(C(=O)NC[C@@]2(C)CCOC2)CC1. The molecule has 2 aliphatic rings. The Bertz CT molecular complexity index is 509. The van der Waals surface area contributed by atoms with Crippen molar-refractivity contribution in [1.29, 1.82) is 0 Å². The minimum atomic E-state index is -3.46. The molecule has 2 fully saturated rings. The molecule has 0 aromatic carbocycles. The van der Waals surface area contributed by atoms with Gasteiger partial charge in [0, 0.05) is 50.8 Å². The largest absolute Gasteiger partial charge is 0.381 e. The van der Waals surface area contributed by atoms with Crippen LogP contribution >= 0.6 is 0 Å². The summed E-state index contributed by atoms with van der Waals surface area (Å²) in [5.74, 6) is 0. The average molecular weight is 348 g/mol. The Morgan fingerprint density at radius 1 is 1.26 bits per heavy atom. The number of nitrogens with one attached hydrogen (secondary N) is 2. The maximum Gasteiger partial charge on any atom is 0.317 e. The Morgan fingerprint density at radius 3 is 2.43 bits per heavy atom. The lowest BCUT2D eigenvalue weighted by Gasteiger charge is -2.35. The van der Waals surface area contributed by atoms with Gasteiger partial charge in [-0.1, -0.05) is 6.92 Å². The van der Waals surface area contributed by atoms with Crippen LogP contribution in [0.4, 0.5) is 4.79 Å². The van der Waals surface area contributed by atoms with Gasteiger partial charge in [-0.3, -0.25) is 0 Å². The molecule has 2 aliphatic heterocycles. The van der Waals surface area contributed by atoms with Crippen LogP contribution in [0, 0.1) is 5.41 Å². The van der Waals surface area contributed by atoms with Gasteiger partial charge in [-0.15, -0.1) is 0 Å². The molecule has 0 aliphatic carbocycles. The molecule has 0 aromatic heterocycles. The van der Waals surface area contributed by atoms with Gasteiger partial charge in [0.1, 0.15) is 0 Å². The highest BCUT2D eigenvalue weighted by molar-refractivity contribution is 7.87. The average Bonchev–Trinajstić information content (AvgIpc) is 2.91. The number of hydrogen-bond donors (Lipinski definition) is 2. The smallest absolute Gasteiger partial charge is 0.317 e. The molecule has 2 saturated heterocycles. The molecule has 9 heteroatoms. The number of rotatable bonds is 5. The fourth-order valence-corrected chi connectivity index (χ4v) is 4.14. The second-order valence-corrected chi connectivity index (χ2v) is 8.64. The van der Waals surface area contributed by atoms with Crippen LogP contribution in [0.1, 0.15) is 27.2 Å². The summed E-state index contributed by atoms with van der Waals surface area (Å²) in [5, 5.41) is 2.94. The lowest BCUT2D eigenvalue weighted by atomic mass is 9.90. The lowest BCUT2D eigenvalue weighted by Crippen LogP contribution is -2.56. The molecule has 23 heavy (non-hydrogen) atoms. The summed E-state index contributed by atoms with van der Waals surface area (Å²) in [7, 11) is -3.46. The summed E-state index contributed by atoms with van der Waals surface area (Å²) in [6, 6.07) is -0.275. The zero-order valence-corrected chi connectivity index (χ0v) is 15.0. The van der Waals surface area contributed by atoms with E-state index in [1.807, 2.05) is 0 Å². The highest BCUT2D eigenvalue weighted by Crippen LogP contribution is 2.26. The van der Waals surface area contributed by atoms with Crippen molar-refractivity contribution in [2.24, 2.45) is 5.41 Å². The van der Waals surface area contributed by atoms with Gasteiger partial charge in [0.25, 0.3) is 10.2 Å². The number of carbonyl (C=O) groups excluding carboxylic acids is 1. The van der Waals surface area contributed by atoms with Crippen LogP contribution in [0.15, 0.2) is 0 Å². The molecule has 0 radical (unpaired) electrons. The molecule has 2 N–H and O–H groups in total. The molecule has 0 bridgehead atoms. The van der Waals surface area contributed by atoms with Crippen molar-refractivity contribution < 1.29 is 17.9 Å². The zero-order valence-electron chi connectivity index (χ0n) is 14.2. The van der Waals surface area contributed by atoms with Gasteiger partial charge in [0.05, 0.1) is 6.61 Å². The quantitative estimate of drug-likeness (QED) is 0.731. The first-order valence-electron chi connectivity index (χ1n) is 8.10. The molecule has 0 aromatic rings. The van der Waals surface area contributed by atoms with E-state index in [4.69, 9.17) is 4.74 Å². The van der Waals surface area contributed by atoms with Crippen molar-refractivity contribution in [3.05, 3.63) is 0 Å². The van der Waals surface area contributed by atoms with Crippen molar-refractivity contribution in [2.75, 3.05) is 45.9 Å². The van der Waals surface area contributed by atoms with Gasteiger partial charge in [-0.25, -0.2) is 4.79 Å². The second-order valence-electron chi connectivity index (χ2n) is 6.94. The molecule has 0 unspecified atom stereocenters. The standard InChI is InChI=1S/C14H28N4O4S/c1-12(2)16-23(20,21)18-7-5-17(6-8-18)13(19)15-10-14(3)4-9-22-11-14/h12,16H,4-11H2,1-3H3,(H,15,19)/t14-/m1/s1. The summed E-state index contributed by atoms with van der Waals surface area (Å²) < 4.78 is 33.5. The third-order valence-corrected chi connectivity index (χ3v) is 6.03. The maximum absolute atomic E-state index is 12.2. The minimum Gasteiger partial charge on any atom is -0.381 e. The van der Waals surface area contributed by atoms with Gasteiger partial charge in [-0.2, -0.15) is 17.4 Å². The second kappa shape index (κ2) is 7.33. The first-order valence-corrected chi connectivity index (χ1v) is 9.54. The number of carbonyl (C=O) groups is 1. The van der Waals surface area contributed by atoms with Gasteiger partial charge in [0.15, 0.2) is 0 Å². The molecular formula is C14H28N4O4S. The highest BCUT2D eigenvalue weighted by Gasteiger charge is 2.32. The molecule has 134 valence electrons. The summed E-state index contributed by atoms with van der Waals surface area (Å²) >= 11 is 0. The van der Waals surface area contributed by atoms with E-state index in [1.54, 1.807) is 18.7 Å². The van der Waals surface area contributed by atoms with Crippen LogP contribution in [0.2, 0.25) is 0 Å². The third-order valence-electron chi connectivity index (χ3n) is 4.22. The normalized spacial score (nSPS) is 26.7. The van der Waals surface area contributed by atoms with Crippen LogP contribution in [0.3, 0.4) is 0 Å². The molecule has 2 amide bonds. The van der Waals surface area contributed by atoms with E-state index < -0.39 is 10.2 Å². The van der Waals surface area contributed by atoms with E-state index in [9.17, 15) is 13.2 Å². The monoisotopic (exact) mass is 348 g/mol. The summed E-state index contributed by atoms with van der Waals surface area (Å²) in [4.78, 5) is 13.9. The third kappa shape index (κ3) is 5.03. The number of nitrogens with zero attached hydrogens (tertiary/aromatic N) is 2. The van der Waals surface area contributed by atoms with E-state index >= 15 is 0 Å². The van der Waals surface area contributed by atoms with Crippen molar-refractivity contribution in [3.8, 4) is 0 Å². The number of hydrogen-bond acceptors (Lipinski definition) is 4. The summed E-state index contributed by atoms with van der Waals surface area (Å²) in [5.41, 5.74) is 0.00199. The fourth-order valence-electron chi connectivity index (χ4n) is 2.75. The first-order chi connectivity index (χ1) is 10.7. The predicted octanol–water partition coefficient (Wildman–Crippen LogP) is -0.0170. The van der Waals surface area contributed by atoms with Gasteiger partial charge in [0.2, 0.25) is 0 Å². The first kappa shape index (κ1) is 18.4. The molecule has 0 saturated carbocycles. The van der Waals surface area contributed by atoms with Crippen molar-refractivity contribution in [2.45, 2.75) is 33.2 Å². The Hall–Kier alpha value is -0.900. The van der Waals surface area contributed by atoms with E-state index in [0.29, 0.717) is 39.3 Å². The summed E-state index contributed by atoms with van der Waals surface area (Å²) in [6.07, 6.45) is 0.945. The Morgan fingerprint density at radius 2 is 1.91 bits per heavy atom. The molecule has 1 atom stereocenters. The van der Waals surface area contributed by atoms with E-state index in [2.05, 4.69) is 17.0 Å². The number of amides is 2. The van der Waals surface area contributed by atoms with Crippen LogP contribution < -0.4 is 10.0 Å². The molecule has 8 nitrogen and oxygen atoms in total. The minimum absolute atomic E-state index is 0.00199. The lowest BCUT2D eigenvalue weighted by molar-refractivity contribution is 0.149. The fraction of sp³-hybridized carbons (Fsp3) is 0.929. The molecular weight excluding hydrogens is 320 g/mol. The van der Waals surface area contributed by atoms with Crippen LogP contribution in [0.25, 0.3) is 0 Å². The van der Waals surface area contributed by atoms with Gasteiger partial charge in [-0.05, 0) is 20.3 Å². The Labute approximate surface area is 138 Å².